The van der Waals surface area contributed by atoms with Gasteiger partial charge in [0.25, 0.3) is 5.91 Å². The summed E-state index contributed by atoms with van der Waals surface area (Å²) in [6, 6.07) is 1.59. The normalized spacial score (nSPS) is 24.6. The number of sulfonamides is 1. The van der Waals surface area contributed by atoms with Crippen LogP contribution >= 0.6 is 0 Å². The van der Waals surface area contributed by atoms with Gasteiger partial charge in [-0.05, 0) is 30.7 Å². The zero-order chi connectivity index (χ0) is 19.1. The molecule has 2 N–H and O–H groups in total. The van der Waals surface area contributed by atoms with Crippen molar-refractivity contribution < 1.29 is 13.2 Å². The Morgan fingerprint density at radius 2 is 1.85 bits per heavy atom. The number of nitrogens with two attached hydrogens (primary N) is 1. The van der Waals surface area contributed by atoms with Crippen molar-refractivity contribution >= 4 is 15.9 Å². The second-order valence-electron chi connectivity index (χ2n) is 8.25. The van der Waals surface area contributed by atoms with Crippen LogP contribution in [0.5, 0.6) is 0 Å². The minimum atomic E-state index is -3.54. The Morgan fingerprint density at radius 1 is 1.19 bits per heavy atom. The third kappa shape index (κ3) is 3.54. The lowest BCUT2D eigenvalue weighted by molar-refractivity contribution is 0.0524. The van der Waals surface area contributed by atoms with Crippen molar-refractivity contribution in [3.8, 4) is 0 Å². The first-order chi connectivity index (χ1) is 12.1. The van der Waals surface area contributed by atoms with E-state index in [1.54, 1.807) is 22.7 Å². The molecule has 1 amide bonds. The lowest BCUT2D eigenvalue weighted by Gasteiger charge is -2.42. The highest BCUT2D eigenvalue weighted by molar-refractivity contribution is 7.89. The van der Waals surface area contributed by atoms with Crippen LogP contribution in [-0.4, -0.2) is 60.3 Å². The molecule has 0 saturated carbocycles. The van der Waals surface area contributed by atoms with E-state index in [0.717, 1.165) is 25.7 Å². The molecular weight excluding hydrogens is 352 g/mol. The molecular formula is C18H30N4O3S. The fraction of sp³-hybridized carbons (Fsp3) is 0.722. The lowest BCUT2D eigenvalue weighted by Crippen LogP contribution is -2.54. The van der Waals surface area contributed by atoms with Crippen LogP contribution in [0, 0.1) is 5.41 Å². The van der Waals surface area contributed by atoms with Gasteiger partial charge in [-0.25, -0.2) is 8.42 Å². The van der Waals surface area contributed by atoms with Crippen LogP contribution < -0.4 is 5.73 Å². The van der Waals surface area contributed by atoms with Gasteiger partial charge in [-0.15, -0.1) is 0 Å². The summed E-state index contributed by atoms with van der Waals surface area (Å²) in [6.45, 7) is 6.41. The Bertz CT molecular complexity index is 778. The van der Waals surface area contributed by atoms with E-state index in [4.69, 9.17) is 5.73 Å². The van der Waals surface area contributed by atoms with E-state index in [0.29, 0.717) is 31.9 Å². The van der Waals surface area contributed by atoms with Gasteiger partial charge < -0.3 is 15.2 Å². The Balaban J connectivity index is 1.83. The maximum absolute atomic E-state index is 13.0. The van der Waals surface area contributed by atoms with E-state index in [9.17, 15) is 13.2 Å². The van der Waals surface area contributed by atoms with E-state index in [-0.39, 0.29) is 22.3 Å². The molecule has 1 atom stereocenters. The maximum atomic E-state index is 13.0. The van der Waals surface area contributed by atoms with Crippen molar-refractivity contribution in [1.82, 2.24) is 13.8 Å². The molecule has 146 valence electrons. The predicted octanol–water partition coefficient (Wildman–Crippen LogP) is 1.40. The van der Waals surface area contributed by atoms with Crippen molar-refractivity contribution in [2.24, 2.45) is 18.2 Å². The van der Waals surface area contributed by atoms with Crippen molar-refractivity contribution in [2.75, 3.05) is 26.2 Å². The number of nitrogens with zero attached hydrogens (tertiary/aromatic N) is 3. The molecule has 2 aliphatic heterocycles. The largest absolute Gasteiger partial charge is 0.345 e. The standard InChI is InChI=1S/C18H30N4O3S/c1-18(2)13-21(10-7-16(18)19)17(23)15-11-14(12-20(15)3)26(24,25)22-8-5-4-6-9-22/h11-12,16H,4-10,13,19H2,1-3H3. The molecule has 1 aromatic heterocycles. The molecule has 26 heavy (non-hydrogen) atoms. The molecule has 2 saturated heterocycles. The summed E-state index contributed by atoms with van der Waals surface area (Å²) >= 11 is 0. The van der Waals surface area contributed by atoms with Gasteiger partial charge in [0, 0.05) is 45.5 Å². The van der Waals surface area contributed by atoms with Gasteiger partial charge in [-0.3, -0.25) is 4.79 Å². The highest BCUT2D eigenvalue weighted by atomic mass is 32.2. The molecule has 3 heterocycles. The first kappa shape index (κ1) is 19.4. The van der Waals surface area contributed by atoms with Gasteiger partial charge in [0.05, 0.1) is 0 Å². The first-order valence-electron chi connectivity index (χ1n) is 9.34. The molecule has 0 aliphatic carbocycles. The van der Waals surface area contributed by atoms with E-state index < -0.39 is 10.0 Å². The minimum absolute atomic E-state index is 0.0648. The van der Waals surface area contributed by atoms with Crippen molar-refractivity contribution in [1.29, 1.82) is 0 Å². The van der Waals surface area contributed by atoms with Crippen LogP contribution in [0.25, 0.3) is 0 Å². The number of rotatable bonds is 3. The predicted molar refractivity (Wildman–Crippen MR) is 100 cm³/mol. The topological polar surface area (TPSA) is 88.6 Å². The molecule has 1 unspecified atom stereocenters. The first-order valence-corrected chi connectivity index (χ1v) is 10.8. The van der Waals surface area contributed by atoms with Crippen LogP contribution in [0.2, 0.25) is 0 Å². The number of hydrogen-bond acceptors (Lipinski definition) is 4. The Kier molecular flexibility index (Phi) is 5.20. The molecule has 1 aromatic rings. The summed E-state index contributed by atoms with van der Waals surface area (Å²) in [7, 11) is -1.81. The van der Waals surface area contributed by atoms with Gasteiger partial charge in [0.2, 0.25) is 10.0 Å². The van der Waals surface area contributed by atoms with Gasteiger partial charge in [-0.1, -0.05) is 20.3 Å². The monoisotopic (exact) mass is 382 g/mol. The van der Waals surface area contributed by atoms with E-state index in [1.165, 1.54) is 10.4 Å². The van der Waals surface area contributed by atoms with Crippen molar-refractivity contribution in [2.45, 2.75) is 50.5 Å². The van der Waals surface area contributed by atoms with Crippen LogP contribution in [0.15, 0.2) is 17.2 Å². The molecule has 0 spiro atoms. The van der Waals surface area contributed by atoms with Gasteiger partial charge in [0.1, 0.15) is 10.6 Å². The van der Waals surface area contributed by atoms with Crippen LogP contribution in [0.1, 0.15) is 50.0 Å². The quantitative estimate of drug-likeness (QED) is 0.856. The number of aromatic nitrogens is 1. The average Bonchev–Trinajstić information content (AvgIpc) is 3.00. The summed E-state index contributed by atoms with van der Waals surface area (Å²) in [6.07, 6.45) is 5.15. The number of piperidine rings is 2. The highest BCUT2D eigenvalue weighted by Crippen LogP contribution is 2.29. The number of hydrogen-bond donors (Lipinski definition) is 1. The molecule has 8 heteroatoms. The number of aryl methyl sites for hydroxylation is 1. The minimum Gasteiger partial charge on any atom is -0.345 e. The highest BCUT2D eigenvalue weighted by Gasteiger charge is 2.37. The van der Waals surface area contributed by atoms with Crippen LogP contribution in [-0.2, 0) is 17.1 Å². The summed E-state index contributed by atoms with van der Waals surface area (Å²) in [5, 5.41) is 0. The summed E-state index contributed by atoms with van der Waals surface area (Å²) in [5.41, 5.74) is 6.42. The molecule has 0 radical (unpaired) electrons. The van der Waals surface area contributed by atoms with Gasteiger partial charge >= 0.3 is 0 Å². The smallest absolute Gasteiger partial charge is 0.270 e. The number of carbonyl (C=O) groups excluding carboxylic acids is 1. The zero-order valence-corrected chi connectivity index (χ0v) is 16.8. The van der Waals surface area contributed by atoms with Crippen molar-refractivity contribution in [3.63, 3.8) is 0 Å². The zero-order valence-electron chi connectivity index (χ0n) is 15.9. The molecule has 2 fully saturated rings. The molecule has 0 bridgehead atoms. The second-order valence-corrected chi connectivity index (χ2v) is 10.2. The maximum Gasteiger partial charge on any atom is 0.270 e. The SMILES string of the molecule is Cn1cc(S(=O)(=O)N2CCCCC2)cc1C(=O)N1CCC(N)C(C)(C)C1. The molecule has 0 aromatic carbocycles. The van der Waals surface area contributed by atoms with Gasteiger partial charge in [-0.2, -0.15) is 4.31 Å². The summed E-state index contributed by atoms with van der Waals surface area (Å²) in [4.78, 5) is 15.0. The Hall–Kier alpha value is -1.38. The lowest BCUT2D eigenvalue weighted by atomic mass is 9.79. The van der Waals surface area contributed by atoms with Crippen molar-refractivity contribution in [3.05, 3.63) is 18.0 Å². The fourth-order valence-electron chi connectivity index (χ4n) is 3.85. The van der Waals surface area contributed by atoms with E-state index in [2.05, 4.69) is 13.8 Å². The van der Waals surface area contributed by atoms with Crippen LogP contribution in [0.4, 0.5) is 0 Å². The number of carbonyl (C=O) groups is 1. The number of likely N-dealkylation sites (tertiary alicyclic amines) is 1. The molecule has 7 nitrogen and oxygen atoms in total. The summed E-state index contributed by atoms with van der Waals surface area (Å²) in [5.74, 6) is -0.132. The summed E-state index contributed by atoms with van der Waals surface area (Å²) < 4.78 is 28.9. The van der Waals surface area contributed by atoms with E-state index >= 15 is 0 Å². The molecule has 2 aliphatic rings. The Morgan fingerprint density at radius 3 is 2.46 bits per heavy atom. The second kappa shape index (κ2) is 6.98. The third-order valence-corrected chi connectivity index (χ3v) is 7.62. The third-order valence-electron chi connectivity index (χ3n) is 5.75. The number of amides is 1. The van der Waals surface area contributed by atoms with Crippen LogP contribution in [0.3, 0.4) is 0 Å². The van der Waals surface area contributed by atoms with E-state index in [1.807, 2.05) is 0 Å². The van der Waals surface area contributed by atoms with Gasteiger partial charge in [0.15, 0.2) is 0 Å². The fourth-order valence-corrected chi connectivity index (χ4v) is 5.44. The molecule has 3 rings (SSSR count). The average molecular weight is 383 g/mol. The Labute approximate surface area is 156 Å².